The van der Waals surface area contributed by atoms with Gasteiger partial charge in [-0.25, -0.2) is 13.4 Å². The number of pyridine rings is 1. The van der Waals surface area contributed by atoms with Gasteiger partial charge in [0.2, 0.25) is 10.0 Å². The molecule has 2 aromatic carbocycles. The van der Waals surface area contributed by atoms with E-state index in [9.17, 15) is 26.4 Å². The van der Waals surface area contributed by atoms with Gasteiger partial charge in [-0.3, -0.25) is 14.1 Å². The average molecular weight is 538 g/mol. The predicted octanol–water partition coefficient (Wildman–Crippen LogP) is 4.53. The smallest absolute Gasteiger partial charge is 0.348 e. The molecular weight excluding hydrogens is 519 g/mol. The number of imidazole rings is 1. The van der Waals surface area contributed by atoms with Crippen molar-refractivity contribution < 1.29 is 26.4 Å². The van der Waals surface area contributed by atoms with Gasteiger partial charge in [-0.15, -0.1) is 0 Å². The van der Waals surface area contributed by atoms with Crippen LogP contribution in [0.3, 0.4) is 0 Å². The summed E-state index contributed by atoms with van der Waals surface area (Å²) in [5, 5.41) is 3.11. The maximum atomic E-state index is 12.6. The average Bonchev–Trinajstić information content (AvgIpc) is 3.22. The summed E-state index contributed by atoms with van der Waals surface area (Å²) in [6.45, 7) is -0.102. The van der Waals surface area contributed by atoms with E-state index in [2.05, 4.69) is 20.3 Å². The van der Waals surface area contributed by atoms with Gasteiger partial charge < -0.3 is 10.3 Å². The first-order chi connectivity index (χ1) is 16.9. The van der Waals surface area contributed by atoms with Gasteiger partial charge in [0.1, 0.15) is 11.5 Å². The minimum absolute atomic E-state index is 0.0305. The van der Waals surface area contributed by atoms with Gasteiger partial charge in [-0.05, 0) is 54.1 Å². The van der Waals surface area contributed by atoms with Gasteiger partial charge in [0.25, 0.3) is 5.91 Å². The third-order valence-electron chi connectivity index (χ3n) is 5.17. The van der Waals surface area contributed by atoms with Crippen LogP contribution >= 0.6 is 11.6 Å². The Morgan fingerprint density at radius 1 is 1.11 bits per heavy atom. The molecule has 0 aliphatic heterocycles. The lowest BCUT2D eigenvalue weighted by atomic mass is 10.2. The monoisotopic (exact) mass is 537 g/mol. The van der Waals surface area contributed by atoms with Gasteiger partial charge >= 0.3 is 6.18 Å². The van der Waals surface area contributed by atoms with Crippen LogP contribution < -0.4 is 9.62 Å². The van der Waals surface area contributed by atoms with Gasteiger partial charge in [-0.1, -0.05) is 17.7 Å². The number of H-pyrrole nitrogens is 1. The number of aromatic nitrogens is 3. The van der Waals surface area contributed by atoms with Gasteiger partial charge in [0.15, 0.2) is 0 Å². The van der Waals surface area contributed by atoms with Crippen LogP contribution in [0.25, 0.3) is 11.0 Å². The first kappa shape index (κ1) is 25.5. The van der Waals surface area contributed by atoms with Crippen LogP contribution in [-0.2, 0) is 29.3 Å². The maximum Gasteiger partial charge on any atom is 0.433 e. The molecule has 0 radical (unpaired) electrons. The maximum absolute atomic E-state index is 12.6. The standard InChI is InChI=1S/C23H19ClF3N5O3S/c1-36(34,35)32(13-21-30-18-8-5-16(24)10-19(18)31-21)17-6-3-15(4-7-17)22(33)29-12-14-2-9-20(28-11-14)23(25,26)27/h2-11H,12-13H2,1H3,(H,29,33)(H,30,31). The van der Waals surface area contributed by atoms with Gasteiger partial charge in [-0.2, -0.15) is 13.2 Å². The van der Waals surface area contributed by atoms with Crippen molar-refractivity contribution in [3.8, 4) is 0 Å². The Morgan fingerprint density at radius 2 is 1.83 bits per heavy atom. The third kappa shape index (κ3) is 5.94. The van der Waals surface area contributed by atoms with Crippen molar-refractivity contribution in [2.45, 2.75) is 19.3 Å². The minimum atomic E-state index is -4.54. The number of fused-ring (bicyclic) bond motifs is 1. The minimum Gasteiger partial charge on any atom is -0.348 e. The molecule has 13 heteroatoms. The van der Waals surface area contributed by atoms with E-state index in [1.807, 2.05) is 0 Å². The zero-order valence-electron chi connectivity index (χ0n) is 18.7. The largest absolute Gasteiger partial charge is 0.433 e. The number of benzene rings is 2. The summed E-state index contributed by atoms with van der Waals surface area (Å²) < 4.78 is 64.0. The molecule has 0 atom stereocenters. The number of carbonyl (C=O) groups excluding carboxylic acids is 1. The fourth-order valence-electron chi connectivity index (χ4n) is 3.41. The van der Waals surface area contributed by atoms with Crippen LogP contribution in [0.1, 0.15) is 27.4 Å². The zero-order chi connectivity index (χ0) is 26.1. The first-order valence-corrected chi connectivity index (χ1v) is 12.6. The summed E-state index contributed by atoms with van der Waals surface area (Å²) in [5.41, 5.74) is 1.24. The molecule has 2 N–H and O–H groups in total. The number of alkyl halides is 3. The molecule has 188 valence electrons. The Labute approximate surface area is 209 Å². The van der Waals surface area contributed by atoms with Crippen LogP contribution in [0.4, 0.5) is 18.9 Å². The number of nitrogens with zero attached hydrogens (tertiary/aromatic N) is 3. The van der Waals surface area contributed by atoms with Crippen molar-refractivity contribution in [1.82, 2.24) is 20.3 Å². The lowest BCUT2D eigenvalue weighted by Crippen LogP contribution is -2.30. The molecule has 0 fully saturated rings. The fraction of sp³-hybridized carbons (Fsp3) is 0.174. The van der Waals surface area contributed by atoms with E-state index in [1.165, 1.54) is 30.3 Å². The highest BCUT2D eigenvalue weighted by atomic mass is 35.5. The second kappa shape index (κ2) is 9.78. The molecule has 0 unspecified atom stereocenters. The summed E-state index contributed by atoms with van der Waals surface area (Å²) in [7, 11) is -3.70. The molecule has 4 rings (SSSR count). The number of hydrogen-bond donors (Lipinski definition) is 2. The molecule has 4 aromatic rings. The van der Waals surface area contributed by atoms with E-state index in [4.69, 9.17) is 11.6 Å². The number of sulfonamides is 1. The second-order valence-corrected chi connectivity index (χ2v) is 10.2. The highest BCUT2D eigenvalue weighted by molar-refractivity contribution is 7.92. The fourth-order valence-corrected chi connectivity index (χ4v) is 4.44. The highest BCUT2D eigenvalue weighted by Gasteiger charge is 2.32. The molecule has 0 aliphatic rings. The van der Waals surface area contributed by atoms with Crippen LogP contribution in [0.2, 0.25) is 5.02 Å². The number of anilines is 1. The lowest BCUT2D eigenvalue weighted by molar-refractivity contribution is -0.141. The summed E-state index contributed by atoms with van der Waals surface area (Å²) in [5.74, 6) is -0.0776. The summed E-state index contributed by atoms with van der Waals surface area (Å²) in [4.78, 5) is 23.3. The molecule has 1 amide bonds. The van der Waals surface area contributed by atoms with Crippen LogP contribution in [0.5, 0.6) is 0 Å². The molecule has 0 saturated carbocycles. The molecular formula is C23H19ClF3N5O3S. The number of carbonyl (C=O) groups is 1. The molecule has 2 aromatic heterocycles. The topological polar surface area (TPSA) is 108 Å². The van der Waals surface area contributed by atoms with Gasteiger partial charge in [0.05, 0.1) is 29.5 Å². The lowest BCUT2D eigenvalue weighted by Gasteiger charge is -2.21. The number of amides is 1. The van der Waals surface area contributed by atoms with Gasteiger partial charge in [0, 0.05) is 23.3 Å². The molecule has 0 bridgehead atoms. The Balaban J connectivity index is 1.45. The molecule has 8 nitrogen and oxygen atoms in total. The second-order valence-electron chi connectivity index (χ2n) is 7.89. The number of rotatable bonds is 7. The van der Waals surface area contributed by atoms with E-state index in [-0.39, 0.29) is 18.7 Å². The van der Waals surface area contributed by atoms with E-state index in [0.717, 1.165) is 22.8 Å². The summed E-state index contributed by atoms with van der Waals surface area (Å²) in [6, 6.07) is 13.0. The zero-order valence-corrected chi connectivity index (χ0v) is 20.2. The SMILES string of the molecule is CS(=O)(=O)N(Cc1nc2ccc(Cl)cc2[nH]1)c1ccc(C(=O)NCc2ccc(C(F)(F)F)nc2)cc1. The summed E-state index contributed by atoms with van der Waals surface area (Å²) >= 11 is 5.99. The molecule has 2 heterocycles. The third-order valence-corrected chi connectivity index (χ3v) is 6.55. The van der Waals surface area contributed by atoms with Crippen molar-refractivity contribution >= 4 is 44.3 Å². The Morgan fingerprint density at radius 3 is 2.44 bits per heavy atom. The van der Waals surface area contributed by atoms with E-state index >= 15 is 0 Å². The van der Waals surface area contributed by atoms with Crippen LogP contribution in [0, 0.1) is 0 Å². The van der Waals surface area contributed by atoms with Crippen molar-refractivity contribution in [3.05, 3.63) is 88.5 Å². The Kier molecular flexibility index (Phi) is 6.92. The highest BCUT2D eigenvalue weighted by Crippen LogP contribution is 2.27. The van der Waals surface area contributed by atoms with Crippen molar-refractivity contribution in [2.24, 2.45) is 0 Å². The summed E-state index contributed by atoms with van der Waals surface area (Å²) in [6.07, 6.45) is -2.44. The van der Waals surface area contributed by atoms with Crippen molar-refractivity contribution in [3.63, 3.8) is 0 Å². The van der Waals surface area contributed by atoms with E-state index in [1.54, 1.807) is 18.2 Å². The van der Waals surface area contributed by atoms with E-state index in [0.29, 0.717) is 33.1 Å². The molecule has 0 aliphatic carbocycles. The Bertz CT molecular complexity index is 1510. The van der Waals surface area contributed by atoms with Crippen LogP contribution in [-0.4, -0.2) is 35.5 Å². The predicted molar refractivity (Wildman–Crippen MR) is 129 cm³/mol. The number of aromatic amines is 1. The van der Waals surface area contributed by atoms with E-state index < -0.39 is 27.8 Å². The normalized spacial score (nSPS) is 12.0. The Hall–Kier alpha value is -3.64. The number of halogens is 4. The molecule has 0 saturated heterocycles. The van der Waals surface area contributed by atoms with Crippen LogP contribution in [0.15, 0.2) is 60.8 Å². The molecule has 0 spiro atoms. The molecule has 36 heavy (non-hydrogen) atoms. The first-order valence-electron chi connectivity index (χ1n) is 10.4. The quantitative estimate of drug-likeness (QED) is 0.360. The van der Waals surface area contributed by atoms with Crippen molar-refractivity contribution in [2.75, 3.05) is 10.6 Å². The number of nitrogens with one attached hydrogen (secondary N) is 2. The van der Waals surface area contributed by atoms with Crippen molar-refractivity contribution in [1.29, 1.82) is 0 Å². The number of hydrogen-bond acceptors (Lipinski definition) is 5.